The number of hydrogen-bond donors (Lipinski definition) is 1. The third kappa shape index (κ3) is 54.6. The Morgan fingerprint density at radius 1 is 0.385 bits per heavy atom. The minimum absolute atomic E-state index is 0.0549. The molecule has 0 saturated carbocycles. The Morgan fingerprint density at radius 2 is 0.654 bits per heavy atom. The molecule has 1 rings (SSSR count). The number of benzene rings is 1. The molecule has 459 valence electrons. The fourth-order valence-corrected chi connectivity index (χ4v) is 6.86. The van der Waals surface area contributed by atoms with E-state index in [-0.39, 0.29) is 19.8 Å². The van der Waals surface area contributed by atoms with E-state index in [1.54, 1.807) is 0 Å². The van der Waals surface area contributed by atoms with Crippen LogP contribution in [0.4, 0.5) is 0 Å². The van der Waals surface area contributed by atoms with Crippen LogP contribution in [0.5, 0.6) is 5.75 Å². The third-order valence-corrected chi connectivity index (χ3v) is 11.2. The average Bonchev–Trinajstić information content (AvgIpc) is 3.44. The van der Waals surface area contributed by atoms with Crippen LogP contribution in [0.2, 0.25) is 0 Å². The number of allylic oxidation sites excluding steroid dienone is 1. The van der Waals surface area contributed by atoms with E-state index in [1.807, 2.05) is 6.92 Å². The number of rotatable bonds is 66. The number of ether oxygens (including phenoxy) is 18. The fraction of sp³-hybridized carbons (Fsp3) is 0.852. The zero-order valence-corrected chi connectivity index (χ0v) is 48.3. The van der Waals surface area contributed by atoms with Gasteiger partial charge in [-0.2, -0.15) is 5.90 Å². The van der Waals surface area contributed by atoms with Crippen molar-refractivity contribution in [2.45, 2.75) is 65.2 Å². The van der Waals surface area contributed by atoms with Gasteiger partial charge < -0.3 is 85.3 Å². The molecule has 1 aromatic rings. The molecule has 0 aliphatic rings. The maximum Gasteiger partial charge on any atom is 0.564 e. The van der Waals surface area contributed by atoms with E-state index in [2.05, 4.69) is 51.6 Å². The van der Waals surface area contributed by atoms with E-state index in [0.29, 0.717) is 218 Å². The van der Waals surface area contributed by atoms with E-state index in [4.69, 9.17) is 85.3 Å². The first kappa shape index (κ1) is 74.1. The molecule has 0 fully saturated rings. The monoisotopic (exact) mass is 1150 g/mol. The second-order valence-corrected chi connectivity index (χ2v) is 18.1. The normalized spacial score (nSPS) is 12.6. The molecule has 1 unspecified atom stereocenters. The smallest absolute Gasteiger partial charge is 0.491 e. The second-order valence-electron chi connectivity index (χ2n) is 16.8. The Hall–Kier alpha value is -1.93. The summed E-state index contributed by atoms with van der Waals surface area (Å²) < 4.78 is 129. The van der Waals surface area contributed by atoms with Crippen molar-refractivity contribution in [3.8, 4) is 5.75 Å². The van der Waals surface area contributed by atoms with Gasteiger partial charge in [0.2, 0.25) is 0 Å². The number of nitrogens with two attached hydrogens (primary N) is 1. The largest absolute Gasteiger partial charge is 0.564 e. The summed E-state index contributed by atoms with van der Waals surface area (Å²) in [5, 5.41) is 0. The van der Waals surface area contributed by atoms with E-state index in [1.165, 1.54) is 50.5 Å². The van der Waals surface area contributed by atoms with Gasteiger partial charge in [0, 0.05) is 9.77 Å². The summed E-state index contributed by atoms with van der Waals surface area (Å²) in [5.41, 5.74) is 2.49. The van der Waals surface area contributed by atoms with Gasteiger partial charge in [0.25, 0.3) is 0 Å². The molecule has 0 aromatic heterocycles. The number of unbranched alkanes of at least 4 members (excludes halogenated alkanes) is 6. The van der Waals surface area contributed by atoms with Crippen LogP contribution in [-0.2, 0) is 115 Å². The van der Waals surface area contributed by atoms with Crippen LogP contribution in [0.1, 0.15) is 69.9 Å². The van der Waals surface area contributed by atoms with Gasteiger partial charge in [-0.1, -0.05) is 63.7 Å². The van der Waals surface area contributed by atoms with Crippen LogP contribution in [0.15, 0.2) is 24.3 Å². The van der Waals surface area contributed by atoms with E-state index >= 15 is 0 Å². The Balaban J connectivity index is 1.68. The maximum absolute atomic E-state index is 10.8. The van der Waals surface area contributed by atoms with Crippen molar-refractivity contribution in [2.75, 3.05) is 238 Å². The van der Waals surface area contributed by atoms with Crippen LogP contribution in [0, 0.1) is 0 Å². The molecule has 1 atom stereocenters. The Labute approximate surface area is 468 Å². The minimum Gasteiger partial charge on any atom is -0.491 e. The van der Waals surface area contributed by atoms with Gasteiger partial charge in [-0.3, -0.25) is 0 Å². The highest BCUT2D eigenvalue weighted by molar-refractivity contribution is 7.88. The Bertz CT molecular complexity index is 1440. The van der Waals surface area contributed by atoms with Crippen LogP contribution in [-0.4, -0.2) is 238 Å². The predicted octanol–water partition coefficient (Wildman–Crippen LogP) is 5.26. The quantitative estimate of drug-likeness (QED) is 0.0497. The van der Waals surface area contributed by atoms with E-state index in [9.17, 15) is 8.76 Å². The Morgan fingerprint density at radius 3 is 0.936 bits per heavy atom. The third-order valence-electron chi connectivity index (χ3n) is 10.5. The van der Waals surface area contributed by atoms with Gasteiger partial charge in [-0.15, -0.1) is 4.18 Å². The predicted molar refractivity (Wildman–Crippen MR) is 292 cm³/mol. The molecule has 0 aliphatic carbocycles. The zero-order valence-electron chi connectivity index (χ0n) is 47.5. The summed E-state index contributed by atoms with van der Waals surface area (Å²) >= 11 is 0. The average molecular weight is 1150 g/mol. The molecule has 0 bridgehead atoms. The molecule has 0 aliphatic heterocycles. The molecule has 1 aromatic carbocycles. The molecule has 1 radical (unpaired) electrons. The summed E-state index contributed by atoms with van der Waals surface area (Å²) in [4.78, 5) is 0. The van der Waals surface area contributed by atoms with Crippen molar-refractivity contribution in [3.63, 3.8) is 0 Å². The lowest BCUT2D eigenvalue weighted by Gasteiger charge is -2.12. The summed E-state index contributed by atoms with van der Waals surface area (Å²) in [5.74, 6) is 5.43. The van der Waals surface area contributed by atoms with Gasteiger partial charge in [0.05, 0.1) is 225 Å². The molecule has 0 spiro atoms. The molecule has 78 heavy (non-hydrogen) atoms. The van der Waals surface area contributed by atoms with Crippen molar-refractivity contribution in [1.82, 2.24) is 0 Å². The molecular formula is C54H101NO22S+. The summed E-state index contributed by atoms with van der Waals surface area (Å²) in [6, 6.07) is 6.53. The molecule has 23 nitrogen and oxygen atoms in total. The van der Waals surface area contributed by atoms with Gasteiger partial charge in [-0.05, 0) is 41.7 Å². The number of hydrogen-bond acceptors (Lipinski definition) is 22. The number of aryl methyl sites for hydroxylation is 1. The standard InChI is InChI=1S/C54H101NO22S/c1-3-5-6-7-8-9-10-12-52-13-14-54(53(51-52)11-4-2)75-49-47-73-45-43-71-41-39-69-37-35-67-33-31-65-29-27-63-25-23-61-21-19-59-17-15-58-16-18-60-20-22-62-24-26-64-28-30-66-32-34-68-36-38-70-40-42-72-44-46-74-48-50-76-78(56,57)77-55/h4,11,13-14,51H,3,5-10,12,15-50,55H2,1-2H3/q+1/b11-4+. The molecule has 0 heterocycles. The van der Waals surface area contributed by atoms with Gasteiger partial charge in [-0.25, -0.2) is 0 Å². The lowest BCUT2D eigenvalue weighted by Crippen LogP contribution is -2.22. The van der Waals surface area contributed by atoms with Gasteiger partial charge in [0.15, 0.2) is 0 Å². The Kier molecular flexibility index (Phi) is 58.1. The minimum atomic E-state index is -4.15. The summed E-state index contributed by atoms with van der Waals surface area (Å²) in [7, 11) is -4.15. The topological polar surface area (TPSA) is 248 Å². The van der Waals surface area contributed by atoms with Crippen molar-refractivity contribution in [3.05, 3.63) is 35.4 Å². The second kappa shape index (κ2) is 61.1. The lowest BCUT2D eigenvalue weighted by molar-refractivity contribution is -0.0309. The highest BCUT2D eigenvalue weighted by Gasteiger charge is 2.32. The molecular weight excluding hydrogens is 1050 g/mol. The first-order valence-corrected chi connectivity index (χ1v) is 29.3. The highest BCUT2D eigenvalue weighted by Crippen LogP contribution is 2.23. The first-order chi connectivity index (χ1) is 38.5. The fourth-order valence-electron chi connectivity index (χ4n) is 6.53. The van der Waals surface area contributed by atoms with Gasteiger partial charge >= 0.3 is 10.8 Å². The van der Waals surface area contributed by atoms with Crippen molar-refractivity contribution in [2.24, 2.45) is 5.90 Å². The molecule has 0 saturated heterocycles. The van der Waals surface area contributed by atoms with Crippen molar-refractivity contribution >= 4 is 16.9 Å². The summed E-state index contributed by atoms with van der Waals surface area (Å²) in [6.07, 6.45) is 14.5. The molecule has 2 N–H and O–H groups in total. The van der Waals surface area contributed by atoms with Crippen LogP contribution in [0.25, 0.3) is 6.08 Å². The maximum atomic E-state index is 10.8. The van der Waals surface area contributed by atoms with Crippen LogP contribution >= 0.6 is 0 Å². The van der Waals surface area contributed by atoms with Gasteiger partial charge in [0.1, 0.15) is 23.5 Å². The van der Waals surface area contributed by atoms with E-state index < -0.39 is 10.8 Å². The lowest BCUT2D eigenvalue weighted by atomic mass is 10.0. The molecule has 24 heteroatoms. The van der Waals surface area contributed by atoms with Crippen LogP contribution in [0.3, 0.4) is 0 Å². The first-order valence-electron chi connectivity index (χ1n) is 28.0. The zero-order chi connectivity index (χ0) is 56.0. The molecule has 0 amide bonds. The van der Waals surface area contributed by atoms with Crippen molar-refractivity contribution in [1.29, 1.82) is 0 Å². The summed E-state index contributed by atoms with van der Waals surface area (Å²) in [6.45, 7) is 20.0. The van der Waals surface area contributed by atoms with E-state index in [0.717, 1.165) is 17.7 Å². The SMILES string of the molecule is C/C=C/c1cc(CCCCCCCCC)ccc1OCCOCCOCCOCCOCCOCCOCCOCCOCCOCCOCCOCCOCCOCCOCCOCCOCCOCCO[S+]([O])(=O)ON. The van der Waals surface area contributed by atoms with Crippen molar-refractivity contribution < 1.29 is 102 Å². The highest BCUT2D eigenvalue weighted by atomic mass is 32.3. The van der Waals surface area contributed by atoms with Crippen LogP contribution < -0.4 is 10.6 Å².